The Morgan fingerprint density at radius 3 is 2.68 bits per heavy atom. The van der Waals surface area contributed by atoms with Gasteiger partial charge in [0.2, 0.25) is 0 Å². The molecule has 1 aliphatic heterocycles. The molecule has 0 bridgehead atoms. The number of nitrogens with zero attached hydrogens (tertiary/aromatic N) is 4. The highest BCUT2D eigenvalue weighted by molar-refractivity contribution is 6.30. The van der Waals surface area contributed by atoms with Crippen molar-refractivity contribution in [3.63, 3.8) is 0 Å². The van der Waals surface area contributed by atoms with Crippen molar-refractivity contribution in [2.24, 2.45) is 0 Å². The van der Waals surface area contributed by atoms with Crippen LogP contribution in [-0.4, -0.2) is 33.5 Å². The third-order valence-corrected chi connectivity index (χ3v) is 6.14. The van der Waals surface area contributed by atoms with Gasteiger partial charge in [-0.3, -0.25) is 4.90 Å². The zero-order valence-electron chi connectivity index (χ0n) is 17.0. The maximum Gasteiger partial charge on any atom is 0.159 e. The van der Waals surface area contributed by atoms with Crippen molar-refractivity contribution in [2.75, 3.05) is 13.7 Å². The minimum absolute atomic E-state index is 0.540. The molecule has 156 valence electrons. The lowest BCUT2D eigenvalue weighted by molar-refractivity contribution is 0.243. The monoisotopic (exact) mass is 450 g/mol. The van der Waals surface area contributed by atoms with Crippen LogP contribution < -0.4 is 4.74 Å². The van der Waals surface area contributed by atoms with Gasteiger partial charge in [-0.1, -0.05) is 23.2 Å². The molecule has 0 saturated heterocycles. The quantitative estimate of drug-likeness (QED) is 0.380. The summed E-state index contributed by atoms with van der Waals surface area (Å²) >= 11 is 12.5. The lowest BCUT2D eigenvalue weighted by Crippen LogP contribution is -2.31. The molecule has 0 N–H and O–H groups in total. The summed E-state index contributed by atoms with van der Waals surface area (Å²) in [7, 11) is 1.66. The van der Waals surface area contributed by atoms with Gasteiger partial charge in [-0.05, 0) is 48.5 Å². The third kappa shape index (κ3) is 4.22. The first-order valence-electron chi connectivity index (χ1n) is 10.1. The highest BCUT2D eigenvalue weighted by Crippen LogP contribution is 2.27. The van der Waals surface area contributed by atoms with Gasteiger partial charge in [0.05, 0.1) is 18.3 Å². The molecular weight excluding hydrogens is 431 g/mol. The van der Waals surface area contributed by atoms with E-state index in [4.69, 9.17) is 32.9 Å². The van der Waals surface area contributed by atoms with Gasteiger partial charge in [-0.2, -0.15) is 0 Å². The Balaban J connectivity index is 1.36. The Bertz CT molecular complexity index is 1260. The average Bonchev–Trinajstić information content (AvgIpc) is 2.79. The number of ether oxygens (including phenoxy) is 1. The molecule has 0 radical (unpaired) electrons. The normalized spacial score (nSPS) is 13.9. The Labute approximate surface area is 190 Å². The number of hydrogen-bond acceptors (Lipinski definition) is 5. The van der Waals surface area contributed by atoms with Gasteiger partial charge in [-0.25, -0.2) is 15.0 Å². The minimum atomic E-state index is 0.540. The predicted octanol–water partition coefficient (Wildman–Crippen LogP) is 5.57. The van der Waals surface area contributed by atoms with E-state index in [0.29, 0.717) is 10.2 Å². The molecular formula is C24H20Cl2N4O. The molecule has 0 unspecified atom stereocenters. The number of aromatic nitrogens is 3. The van der Waals surface area contributed by atoms with Crippen LogP contribution >= 0.6 is 23.2 Å². The summed E-state index contributed by atoms with van der Waals surface area (Å²) in [5, 5.41) is 2.27. The van der Waals surface area contributed by atoms with Crippen molar-refractivity contribution in [3.8, 4) is 17.1 Å². The fourth-order valence-electron chi connectivity index (χ4n) is 3.90. The van der Waals surface area contributed by atoms with Crippen LogP contribution in [0.15, 0.2) is 54.7 Å². The summed E-state index contributed by atoms with van der Waals surface area (Å²) in [5.41, 5.74) is 5.09. The molecule has 2 aromatic carbocycles. The summed E-state index contributed by atoms with van der Waals surface area (Å²) in [4.78, 5) is 16.3. The molecule has 7 heteroatoms. The first-order chi connectivity index (χ1) is 15.1. The van der Waals surface area contributed by atoms with E-state index in [-0.39, 0.29) is 0 Å². The fourth-order valence-corrected chi connectivity index (χ4v) is 4.23. The number of hydrogen-bond donors (Lipinski definition) is 0. The summed E-state index contributed by atoms with van der Waals surface area (Å²) in [6, 6.07) is 15.5. The van der Waals surface area contributed by atoms with Crippen LogP contribution in [0.25, 0.3) is 22.3 Å². The lowest BCUT2D eigenvalue weighted by Gasteiger charge is -2.28. The van der Waals surface area contributed by atoms with Gasteiger partial charge in [0.15, 0.2) is 5.82 Å². The molecule has 31 heavy (non-hydrogen) atoms. The van der Waals surface area contributed by atoms with E-state index in [1.54, 1.807) is 7.11 Å². The molecule has 3 heterocycles. The molecule has 1 aliphatic rings. The summed E-state index contributed by atoms with van der Waals surface area (Å²) in [6.07, 6.45) is 2.80. The van der Waals surface area contributed by atoms with Crippen LogP contribution in [0.3, 0.4) is 0 Å². The summed E-state index contributed by atoms with van der Waals surface area (Å²) in [5.74, 6) is 1.54. The predicted molar refractivity (Wildman–Crippen MR) is 124 cm³/mol. The van der Waals surface area contributed by atoms with Crippen LogP contribution in [0.4, 0.5) is 0 Å². The largest absolute Gasteiger partial charge is 0.497 e. The molecule has 0 amide bonds. The molecule has 5 rings (SSSR count). The van der Waals surface area contributed by atoms with E-state index in [2.05, 4.69) is 20.9 Å². The van der Waals surface area contributed by atoms with E-state index in [1.165, 1.54) is 0 Å². The Morgan fingerprint density at radius 1 is 1.03 bits per heavy atom. The third-order valence-electron chi connectivity index (χ3n) is 5.56. The second-order valence-corrected chi connectivity index (χ2v) is 8.42. The molecule has 5 nitrogen and oxygen atoms in total. The molecule has 0 fully saturated rings. The van der Waals surface area contributed by atoms with Crippen molar-refractivity contribution < 1.29 is 4.74 Å². The van der Waals surface area contributed by atoms with Crippen molar-refractivity contribution in [1.29, 1.82) is 0 Å². The van der Waals surface area contributed by atoms with Gasteiger partial charge in [0.1, 0.15) is 10.9 Å². The average molecular weight is 451 g/mol. The number of halogens is 2. The fraction of sp³-hybridized carbons (Fsp3) is 0.208. The maximum absolute atomic E-state index is 6.49. The first-order valence-corrected chi connectivity index (χ1v) is 10.8. The number of fused-ring (bicyclic) bond motifs is 2. The molecule has 4 aromatic rings. The Morgan fingerprint density at radius 2 is 1.87 bits per heavy atom. The number of methoxy groups -OCH3 is 1. The highest BCUT2D eigenvalue weighted by Gasteiger charge is 2.20. The van der Waals surface area contributed by atoms with Crippen LogP contribution in [0.2, 0.25) is 10.2 Å². The molecule has 2 aromatic heterocycles. The van der Waals surface area contributed by atoms with Crippen molar-refractivity contribution in [3.05, 3.63) is 81.7 Å². The van der Waals surface area contributed by atoms with Crippen LogP contribution in [-0.2, 0) is 19.5 Å². The van der Waals surface area contributed by atoms with E-state index >= 15 is 0 Å². The highest BCUT2D eigenvalue weighted by atomic mass is 35.5. The number of rotatable bonds is 4. The van der Waals surface area contributed by atoms with Crippen LogP contribution in [0, 0.1) is 0 Å². The zero-order valence-corrected chi connectivity index (χ0v) is 18.5. The number of benzene rings is 2. The molecule has 0 atom stereocenters. The number of pyridine rings is 1. The standard InChI is InChI=1S/C24H20Cl2N4O/c1-31-20-6-7-21-16(11-20)10-17(23(26)28-21)13-30-9-8-22-18(14-30)12-27-24(29-22)15-2-4-19(25)5-3-15/h2-7,10-12H,8-9,13-14H2,1H3. The smallest absolute Gasteiger partial charge is 0.159 e. The van der Waals surface area contributed by atoms with Crippen molar-refractivity contribution in [1.82, 2.24) is 19.9 Å². The van der Waals surface area contributed by atoms with E-state index in [1.807, 2.05) is 48.7 Å². The van der Waals surface area contributed by atoms with Gasteiger partial charge in [-0.15, -0.1) is 0 Å². The molecule has 0 spiro atoms. The van der Waals surface area contributed by atoms with E-state index in [0.717, 1.165) is 70.9 Å². The van der Waals surface area contributed by atoms with E-state index in [9.17, 15) is 0 Å². The molecule has 0 aliphatic carbocycles. The first kappa shape index (κ1) is 20.2. The topological polar surface area (TPSA) is 51.1 Å². The van der Waals surface area contributed by atoms with Gasteiger partial charge in [0, 0.05) is 59.4 Å². The Hall–Kier alpha value is -2.73. The lowest BCUT2D eigenvalue weighted by atomic mass is 10.1. The van der Waals surface area contributed by atoms with Gasteiger partial charge < -0.3 is 4.74 Å². The second kappa shape index (κ2) is 8.42. The summed E-state index contributed by atoms with van der Waals surface area (Å²) in [6.45, 7) is 2.40. The van der Waals surface area contributed by atoms with Crippen molar-refractivity contribution in [2.45, 2.75) is 19.5 Å². The van der Waals surface area contributed by atoms with Gasteiger partial charge in [0.25, 0.3) is 0 Å². The SMILES string of the molecule is COc1ccc2nc(Cl)c(CN3CCc4nc(-c5ccc(Cl)cc5)ncc4C3)cc2c1. The second-order valence-electron chi connectivity index (χ2n) is 7.63. The van der Waals surface area contributed by atoms with Crippen molar-refractivity contribution >= 4 is 34.1 Å². The summed E-state index contributed by atoms with van der Waals surface area (Å²) < 4.78 is 5.34. The van der Waals surface area contributed by atoms with Crippen LogP contribution in [0.5, 0.6) is 5.75 Å². The molecule has 0 saturated carbocycles. The Kier molecular flexibility index (Phi) is 5.48. The maximum atomic E-state index is 6.49. The van der Waals surface area contributed by atoms with E-state index < -0.39 is 0 Å². The minimum Gasteiger partial charge on any atom is -0.497 e. The van der Waals surface area contributed by atoms with Gasteiger partial charge >= 0.3 is 0 Å². The van der Waals surface area contributed by atoms with Crippen LogP contribution in [0.1, 0.15) is 16.8 Å². The zero-order chi connectivity index (χ0) is 21.4.